The van der Waals surface area contributed by atoms with Crippen molar-refractivity contribution >= 4 is 42.0 Å². The molecule has 2 aromatic rings. The van der Waals surface area contributed by atoms with Crippen molar-refractivity contribution < 1.29 is 13.2 Å². The summed E-state index contributed by atoms with van der Waals surface area (Å²) in [5, 5.41) is 1.52. The Hall–Kier alpha value is -1.59. The van der Waals surface area contributed by atoms with Crippen LogP contribution in [0.25, 0.3) is 10.8 Å². The third-order valence-corrected chi connectivity index (χ3v) is 3.98. The summed E-state index contributed by atoms with van der Waals surface area (Å²) in [6.45, 7) is 3.06. The summed E-state index contributed by atoms with van der Waals surface area (Å²) in [4.78, 5) is 11.5. The van der Waals surface area contributed by atoms with Gasteiger partial charge in [0.2, 0.25) is 0 Å². The molecule has 21 heavy (non-hydrogen) atoms. The molecule has 0 aromatic heterocycles. The van der Waals surface area contributed by atoms with Crippen molar-refractivity contribution in [2.45, 2.75) is 18.7 Å². The molecular formula is C15H18ClNO3S. The highest BCUT2D eigenvalue weighted by molar-refractivity contribution is 8.14. The molecule has 2 rings (SSSR count). The summed E-state index contributed by atoms with van der Waals surface area (Å²) < 4.78 is 23.0. The normalized spacial score (nSPS) is 10.7. The Morgan fingerprint density at radius 3 is 1.95 bits per heavy atom. The van der Waals surface area contributed by atoms with E-state index in [1.54, 1.807) is 12.1 Å². The molecule has 0 saturated carbocycles. The molecule has 2 aromatic carbocycles. The van der Waals surface area contributed by atoms with Crippen LogP contribution in [-0.2, 0) is 13.8 Å². The minimum atomic E-state index is -3.72. The van der Waals surface area contributed by atoms with E-state index < -0.39 is 9.05 Å². The van der Waals surface area contributed by atoms with E-state index in [1.807, 2.05) is 37.2 Å². The molecular weight excluding hydrogens is 310 g/mol. The van der Waals surface area contributed by atoms with Gasteiger partial charge in [-0.3, -0.25) is 0 Å². The van der Waals surface area contributed by atoms with Crippen LogP contribution in [-0.4, -0.2) is 28.3 Å². The number of hydrogen-bond donors (Lipinski definition) is 0. The summed E-state index contributed by atoms with van der Waals surface area (Å²) in [6.07, 6.45) is 0. The average Bonchev–Trinajstić information content (AvgIpc) is 2.35. The van der Waals surface area contributed by atoms with E-state index >= 15 is 0 Å². The topological polar surface area (TPSA) is 54.5 Å². The van der Waals surface area contributed by atoms with Crippen molar-refractivity contribution in [2.24, 2.45) is 0 Å². The van der Waals surface area contributed by atoms with E-state index in [9.17, 15) is 13.2 Å². The number of hydrogen-bond acceptors (Lipinski definition) is 4. The smallest absolute Gasteiger partial charge is 0.261 e. The van der Waals surface area contributed by atoms with Crippen LogP contribution in [0.2, 0.25) is 0 Å². The zero-order valence-corrected chi connectivity index (χ0v) is 14.0. The van der Waals surface area contributed by atoms with Crippen molar-refractivity contribution in [2.75, 3.05) is 19.0 Å². The van der Waals surface area contributed by atoms with Gasteiger partial charge in [0.05, 0.1) is 4.90 Å². The van der Waals surface area contributed by atoms with E-state index in [0.717, 1.165) is 11.1 Å². The van der Waals surface area contributed by atoms with E-state index in [4.69, 9.17) is 10.7 Å². The van der Waals surface area contributed by atoms with Crippen molar-refractivity contribution in [3.63, 3.8) is 0 Å². The summed E-state index contributed by atoms with van der Waals surface area (Å²) in [6, 6.07) is 10.6. The molecule has 0 atom stereocenters. The number of Topliss-reactive ketones (excluding diaryl/α,β-unsaturated/α-hetero) is 1. The molecule has 0 aliphatic rings. The molecule has 0 aliphatic heterocycles. The quantitative estimate of drug-likeness (QED) is 0.793. The maximum Gasteiger partial charge on any atom is 0.261 e. The third kappa shape index (κ3) is 4.72. The van der Waals surface area contributed by atoms with Crippen molar-refractivity contribution in [3.05, 3.63) is 36.4 Å². The van der Waals surface area contributed by atoms with E-state index in [2.05, 4.69) is 0 Å². The van der Waals surface area contributed by atoms with Gasteiger partial charge in [0.1, 0.15) is 5.78 Å². The van der Waals surface area contributed by atoms with Crippen LogP contribution in [0.4, 0.5) is 5.69 Å². The van der Waals surface area contributed by atoms with Gasteiger partial charge in [-0.2, -0.15) is 0 Å². The Bertz CT molecular complexity index is 751. The number of halogens is 1. The predicted octanol–water partition coefficient (Wildman–Crippen LogP) is 3.43. The van der Waals surface area contributed by atoms with Gasteiger partial charge in [-0.15, -0.1) is 0 Å². The average molecular weight is 328 g/mol. The lowest BCUT2D eigenvalue weighted by molar-refractivity contribution is -0.114. The number of rotatable bonds is 2. The van der Waals surface area contributed by atoms with Gasteiger partial charge >= 0.3 is 0 Å². The Morgan fingerprint density at radius 1 is 1.00 bits per heavy atom. The van der Waals surface area contributed by atoms with Crippen LogP contribution >= 0.6 is 10.7 Å². The Balaban J connectivity index is 0.000000491. The zero-order chi connectivity index (χ0) is 16.2. The van der Waals surface area contributed by atoms with Crippen molar-refractivity contribution in [1.29, 1.82) is 0 Å². The molecule has 0 amide bonds. The molecule has 0 bridgehead atoms. The van der Waals surface area contributed by atoms with Gasteiger partial charge in [0.25, 0.3) is 9.05 Å². The molecule has 6 heteroatoms. The fourth-order valence-corrected chi connectivity index (χ4v) is 2.95. The molecule has 114 valence electrons. The molecule has 0 N–H and O–H groups in total. The third-order valence-electron chi connectivity index (χ3n) is 2.60. The number of ketones is 1. The SMILES string of the molecule is CC(C)=O.CN(C)c1cccc2c(S(=O)(=O)Cl)cccc12. The van der Waals surface area contributed by atoms with Gasteiger partial charge in [-0.25, -0.2) is 8.42 Å². The number of carbonyl (C=O) groups is 1. The first-order chi connectivity index (χ1) is 9.64. The van der Waals surface area contributed by atoms with Crippen molar-refractivity contribution in [1.82, 2.24) is 0 Å². The fraction of sp³-hybridized carbons (Fsp3) is 0.267. The molecule has 0 unspecified atom stereocenters. The van der Waals surface area contributed by atoms with Gasteiger partial charge in [0.15, 0.2) is 0 Å². The van der Waals surface area contributed by atoms with Crippen LogP contribution in [0, 0.1) is 0 Å². The molecule has 0 radical (unpaired) electrons. The summed E-state index contributed by atoms with van der Waals surface area (Å²) in [5.41, 5.74) is 0.963. The first-order valence-corrected chi connectivity index (χ1v) is 8.56. The minimum Gasteiger partial charge on any atom is -0.377 e. The van der Waals surface area contributed by atoms with Gasteiger partial charge < -0.3 is 9.69 Å². The maximum absolute atomic E-state index is 11.5. The summed E-state index contributed by atoms with van der Waals surface area (Å²) >= 11 is 0. The Morgan fingerprint density at radius 2 is 1.48 bits per heavy atom. The van der Waals surface area contributed by atoms with Gasteiger partial charge in [0, 0.05) is 41.2 Å². The summed E-state index contributed by atoms with van der Waals surface area (Å²) in [5.74, 6) is 0.167. The lowest BCUT2D eigenvalue weighted by atomic mass is 10.1. The Kier molecular flexibility index (Phi) is 5.75. The first kappa shape index (κ1) is 17.5. The van der Waals surface area contributed by atoms with Crippen molar-refractivity contribution in [3.8, 4) is 0 Å². The predicted molar refractivity (Wildman–Crippen MR) is 87.7 cm³/mol. The lowest BCUT2D eigenvalue weighted by Crippen LogP contribution is -2.09. The maximum atomic E-state index is 11.5. The van der Waals surface area contributed by atoms with E-state index in [-0.39, 0.29) is 10.7 Å². The number of fused-ring (bicyclic) bond motifs is 1. The molecule has 0 fully saturated rings. The fourth-order valence-electron chi connectivity index (χ4n) is 1.87. The number of benzene rings is 2. The highest BCUT2D eigenvalue weighted by Crippen LogP contribution is 2.31. The van der Waals surface area contributed by atoms with Crippen LogP contribution in [0.5, 0.6) is 0 Å². The number of anilines is 1. The zero-order valence-electron chi connectivity index (χ0n) is 12.4. The second-order valence-electron chi connectivity index (χ2n) is 4.87. The second-order valence-corrected chi connectivity index (χ2v) is 7.40. The monoisotopic (exact) mass is 327 g/mol. The number of nitrogens with zero attached hydrogens (tertiary/aromatic N) is 1. The Labute approximate surface area is 129 Å². The second kappa shape index (κ2) is 6.91. The van der Waals surface area contributed by atoms with Gasteiger partial charge in [-0.05, 0) is 26.0 Å². The van der Waals surface area contributed by atoms with E-state index in [1.165, 1.54) is 19.9 Å². The van der Waals surface area contributed by atoms with E-state index in [0.29, 0.717) is 5.39 Å². The largest absolute Gasteiger partial charge is 0.377 e. The summed E-state index contributed by atoms with van der Waals surface area (Å²) in [7, 11) is 5.54. The highest BCUT2D eigenvalue weighted by Gasteiger charge is 2.15. The van der Waals surface area contributed by atoms with Crippen LogP contribution in [0.3, 0.4) is 0 Å². The van der Waals surface area contributed by atoms with Crippen LogP contribution in [0.1, 0.15) is 13.8 Å². The molecule has 4 nitrogen and oxygen atoms in total. The molecule has 0 saturated heterocycles. The minimum absolute atomic E-state index is 0.153. The van der Waals surface area contributed by atoms with Gasteiger partial charge in [-0.1, -0.05) is 24.3 Å². The lowest BCUT2D eigenvalue weighted by Gasteiger charge is -2.16. The highest BCUT2D eigenvalue weighted by atomic mass is 35.7. The van der Waals surface area contributed by atoms with Crippen LogP contribution in [0.15, 0.2) is 41.3 Å². The molecule has 0 aliphatic carbocycles. The molecule has 0 heterocycles. The first-order valence-electron chi connectivity index (χ1n) is 6.25. The molecule has 0 spiro atoms. The number of carbonyl (C=O) groups excluding carboxylic acids is 1. The standard InChI is InChI=1S/C12H12ClNO2S.C3H6O/c1-14(2)11-7-3-6-10-9(11)5-4-8-12(10)17(13,15)16;1-3(2)4/h3-8H,1-2H3;1-2H3. The van der Waals surface area contributed by atoms with Crippen LogP contribution < -0.4 is 4.90 Å².